The molecule has 3 heteroatoms. The number of aromatic nitrogens is 1. The Morgan fingerprint density at radius 3 is 1.93 bits per heavy atom. The van der Waals surface area contributed by atoms with Crippen LogP contribution in [-0.2, 0) is 11.8 Å². The molecule has 0 saturated heterocycles. The molecule has 0 spiro atoms. The molecule has 0 amide bonds. The lowest BCUT2D eigenvalue weighted by Crippen LogP contribution is -2.16. The fourth-order valence-electron chi connectivity index (χ4n) is 10.1. The van der Waals surface area contributed by atoms with Crippen LogP contribution < -0.4 is 4.90 Å². The van der Waals surface area contributed by atoms with Crippen LogP contribution in [0.15, 0.2) is 192 Å². The van der Waals surface area contributed by atoms with Gasteiger partial charge in [0.2, 0.25) is 0 Å². The van der Waals surface area contributed by atoms with Crippen molar-refractivity contribution < 1.29 is 4.42 Å². The van der Waals surface area contributed by atoms with Crippen LogP contribution in [0.1, 0.15) is 42.7 Å². The van der Waals surface area contributed by atoms with Crippen molar-refractivity contribution in [3.05, 3.63) is 210 Å². The van der Waals surface area contributed by atoms with E-state index in [1.807, 2.05) is 12.1 Å². The lowest BCUT2D eigenvalue weighted by Gasteiger charge is -2.28. The minimum atomic E-state index is -0.109. The molecule has 0 N–H and O–H groups in total. The van der Waals surface area contributed by atoms with E-state index < -0.39 is 0 Å². The van der Waals surface area contributed by atoms with Crippen molar-refractivity contribution >= 4 is 56.0 Å². The first kappa shape index (κ1) is 34.7. The summed E-state index contributed by atoms with van der Waals surface area (Å²) in [6.45, 7) is 4.70. The molecule has 2 aliphatic rings. The van der Waals surface area contributed by atoms with Gasteiger partial charge in [-0.1, -0.05) is 147 Å². The number of benzene rings is 8. The van der Waals surface area contributed by atoms with Gasteiger partial charge in [0.05, 0.1) is 5.52 Å². The van der Waals surface area contributed by atoms with Crippen molar-refractivity contribution in [1.82, 2.24) is 4.57 Å². The largest absolute Gasteiger partial charge is 0.455 e. The summed E-state index contributed by atoms with van der Waals surface area (Å²) in [6, 6.07) is 66.5. The summed E-state index contributed by atoms with van der Waals surface area (Å²) in [4.78, 5) is 2.40. The van der Waals surface area contributed by atoms with E-state index in [0.29, 0.717) is 0 Å². The number of allylic oxidation sites excluding steroid dienone is 1. The summed E-state index contributed by atoms with van der Waals surface area (Å²) < 4.78 is 8.90. The Balaban J connectivity index is 0.926. The Morgan fingerprint density at radius 2 is 1.13 bits per heavy atom. The van der Waals surface area contributed by atoms with E-state index in [1.54, 1.807) is 0 Å². The van der Waals surface area contributed by atoms with Gasteiger partial charge >= 0.3 is 0 Å². The van der Waals surface area contributed by atoms with Crippen LogP contribution in [0.5, 0.6) is 0 Å². The highest BCUT2D eigenvalue weighted by Gasteiger charge is 2.35. The van der Waals surface area contributed by atoms with Crippen molar-refractivity contribution in [2.45, 2.75) is 32.1 Å². The number of para-hydroxylation sites is 3. The van der Waals surface area contributed by atoms with Gasteiger partial charge in [-0.3, -0.25) is 0 Å². The van der Waals surface area contributed by atoms with Crippen LogP contribution in [-0.4, -0.2) is 4.57 Å². The second kappa shape index (κ2) is 13.3. The van der Waals surface area contributed by atoms with Crippen LogP contribution in [0, 0.1) is 0 Å². The molecular formula is C57H42N2O. The number of furan rings is 1. The molecule has 8 aromatic carbocycles. The van der Waals surface area contributed by atoms with Gasteiger partial charge in [0.25, 0.3) is 0 Å². The van der Waals surface area contributed by atoms with Crippen LogP contribution in [0.25, 0.3) is 78.0 Å². The standard InChI is InChI=1S/C57H42N2O/c1-57(2)51-18-7-3-12-45(51)46-35-34-43(36-52(46)57)58(41-32-26-39(27-33-41)44-16-11-17-50-49-15-6-10-21-55(49)60-56(44)50)40-28-22-37(23-29-40)38-24-30-42(31-25-38)59-53-19-8-4-13-47(53)48-14-5-9-20-54(48)59/h3-8,10-19,21-36H,9,20H2,1-2H3. The number of fused-ring (bicyclic) bond motifs is 9. The zero-order valence-electron chi connectivity index (χ0n) is 33.7. The summed E-state index contributed by atoms with van der Waals surface area (Å²) in [5, 5.41) is 3.60. The summed E-state index contributed by atoms with van der Waals surface area (Å²) in [7, 11) is 0. The van der Waals surface area contributed by atoms with E-state index in [1.165, 1.54) is 61.2 Å². The van der Waals surface area contributed by atoms with Crippen molar-refractivity contribution in [3.8, 4) is 39.1 Å². The molecule has 0 fully saturated rings. The first-order chi connectivity index (χ1) is 29.5. The highest BCUT2D eigenvalue weighted by atomic mass is 16.3. The van der Waals surface area contributed by atoms with Crippen LogP contribution >= 0.6 is 0 Å². The number of anilines is 3. The Labute approximate surface area is 350 Å². The molecule has 10 aromatic rings. The summed E-state index contributed by atoms with van der Waals surface area (Å²) in [5.41, 5.74) is 20.3. The molecule has 3 nitrogen and oxygen atoms in total. The molecule has 12 rings (SSSR count). The molecular weight excluding hydrogens is 729 g/mol. The Morgan fingerprint density at radius 1 is 0.517 bits per heavy atom. The molecule has 60 heavy (non-hydrogen) atoms. The molecule has 0 saturated carbocycles. The zero-order chi connectivity index (χ0) is 40.0. The second-order valence-corrected chi connectivity index (χ2v) is 16.8. The molecule has 0 atom stereocenters. The molecule has 0 bridgehead atoms. The van der Waals surface area contributed by atoms with Gasteiger partial charge in [0.1, 0.15) is 11.2 Å². The fraction of sp³-hybridized carbons (Fsp3) is 0.0877. The Kier molecular flexibility index (Phi) is 7.71. The summed E-state index contributed by atoms with van der Waals surface area (Å²) >= 11 is 0. The predicted molar refractivity (Wildman–Crippen MR) is 251 cm³/mol. The third-order valence-corrected chi connectivity index (χ3v) is 13.1. The van der Waals surface area contributed by atoms with Crippen molar-refractivity contribution in [2.24, 2.45) is 0 Å². The van der Waals surface area contributed by atoms with E-state index in [2.05, 4.69) is 205 Å². The minimum Gasteiger partial charge on any atom is -0.455 e. The van der Waals surface area contributed by atoms with Crippen molar-refractivity contribution in [3.63, 3.8) is 0 Å². The Bertz CT molecular complexity index is 3320. The Hall–Kier alpha value is -7.36. The number of nitrogens with zero attached hydrogens (tertiary/aromatic N) is 2. The first-order valence-electron chi connectivity index (χ1n) is 21.1. The summed E-state index contributed by atoms with van der Waals surface area (Å²) in [6.07, 6.45) is 6.73. The minimum absolute atomic E-state index is 0.109. The number of rotatable bonds is 6. The van der Waals surface area contributed by atoms with Crippen LogP contribution in [0.2, 0.25) is 0 Å². The zero-order valence-corrected chi connectivity index (χ0v) is 33.7. The van der Waals surface area contributed by atoms with Gasteiger partial charge in [-0.15, -0.1) is 0 Å². The number of hydrogen-bond donors (Lipinski definition) is 0. The van der Waals surface area contributed by atoms with Gasteiger partial charge in [-0.2, -0.15) is 0 Å². The topological polar surface area (TPSA) is 21.3 Å². The second-order valence-electron chi connectivity index (χ2n) is 16.8. The average Bonchev–Trinajstić information content (AvgIpc) is 3.93. The lowest BCUT2D eigenvalue weighted by atomic mass is 9.82. The first-order valence-corrected chi connectivity index (χ1v) is 21.1. The van der Waals surface area contributed by atoms with Gasteiger partial charge in [-0.05, 0) is 112 Å². The van der Waals surface area contributed by atoms with Gasteiger partial charge in [0, 0.05) is 61.1 Å². The monoisotopic (exact) mass is 770 g/mol. The molecule has 0 unspecified atom stereocenters. The van der Waals surface area contributed by atoms with E-state index >= 15 is 0 Å². The third kappa shape index (κ3) is 5.29. The molecule has 2 heterocycles. The smallest absolute Gasteiger partial charge is 0.143 e. The van der Waals surface area contributed by atoms with Crippen molar-refractivity contribution in [2.75, 3.05) is 4.90 Å². The van der Waals surface area contributed by atoms with Gasteiger partial charge in [0.15, 0.2) is 0 Å². The maximum absolute atomic E-state index is 6.44. The normalized spacial score (nSPS) is 13.8. The van der Waals surface area contributed by atoms with E-state index in [9.17, 15) is 0 Å². The van der Waals surface area contributed by atoms with Gasteiger partial charge in [-0.25, -0.2) is 0 Å². The van der Waals surface area contributed by atoms with Crippen molar-refractivity contribution in [1.29, 1.82) is 0 Å². The molecule has 2 aromatic heterocycles. The van der Waals surface area contributed by atoms with E-state index in [-0.39, 0.29) is 5.41 Å². The third-order valence-electron chi connectivity index (χ3n) is 13.1. The highest BCUT2D eigenvalue weighted by molar-refractivity contribution is 6.09. The molecule has 286 valence electrons. The van der Waals surface area contributed by atoms with Crippen LogP contribution in [0.4, 0.5) is 17.1 Å². The average molecular weight is 771 g/mol. The van der Waals surface area contributed by atoms with E-state index in [0.717, 1.165) is 63.0 Å². The van der Waals surface area contributed by atoms with Crippen LogP contribution in [0.3, 0.4) is 0 Å². The maximum Gasteiger partial charge on any atom is 0.143 e. The predicted octanol–water partition coefficient (Wildman–Crippen LogP) is 15.6. The molecule has 0 radical (unpaired) electrons. The number of hydrogen-bond acceptors (Lipinski definition) is 2. The maximum atomic E-state index is 6.44. The summed E-state index contributed by atoms with van der Waals surface area (Å²) in [5.74, 6) is 0. The van der Waals surface area contributed by atoms with E-state index in [4.69, 9.17) is 4.42 Å². The van der Waals surface area contributed by atoms with Gasteiger partial charge < -0.3 is 13.9 Å². The lowest BCUT2D eigenvalue weighted by molar-refractivity contribution is 0.660. The molecule has 2 aliphatic carbocycles. The quantitative estimate of drug-likeness (QED) is 0.168. The SMILES string of the molecule is CC1(C)c2ccccc2-c2ccc(N(c3ccc(-c4ccc(-n5c6c(c7ccccc75)C=CCC6)cc4)cc3)c3ccc(-c4cccc5c4oc4ccccc45)cc3)cc21. The highest BCUT2D eigenvalue weighted by Crippen LogP contribution is 2.51. The fourth-order valence-corrected chi connectivity index (χ4v) is 10.1. The molecule has 0 aliphatic heterocycles.